The first-order valence-corrected chi connectivity index (χ1v) is 19.2. The van der Waals surface area contributed by atoms with Gasteiger partial charge in [0, 0.05) is 17.5 Å². The van der Waals surface area contributed by atoms with Crippen LogP contribution in [0.2, 0.25) is 0 Å². The molecule has 242 valence electrons. The molecule has 4 heteroatoms. The van der Waals surface area contributed by atoms with Gasteiger partial charge >= 0.3 is 0 Å². The molecule has 2 nitrogen and oxygen atoms in total. The van der Waals surface area contributed by atoms with Gasteiger partial charge in [0.1, 0.15) is 17.1 Å². The molecule has 0 N–H and O–H groups in total. The molecule has 0 saturated carbocycles. The van der Waals surface area contributed by atoms with Crippen LogP contribution in [0.1, 0.15) is 39.5 Å². The molecule has 0 saturated heterocycles. The number of rotatable bonds is 8. The highest BCUT2D eigenvalue weighted by molar-refractivity contribution is 7.33. The molecule has 4 atom stereocenters. The second-order valence-electron chi connectivity index (χ2n) is 13.2. The Hall–Kier alpha value is -4.74. The third kappa shape index (κ3) is 5.84. The van der Waals surface area contributed by atoms with Crippen molar-refractivity contribution in [2.45, 2.75) is 46.3 Å². The van der Waals surface area contributed by atoms with Crippen LogP contribution in [-0.4, -0.2) is 6.10 Å². The summed E-state index contributed by atoms with van der Waals surface area (Å²) in [7, 11) is 0.874. The first-order valence-electron chi connectivity index (χ1n) is 17.1. The summed E-state index contributed by atoms with van der Waals surface area (Å²) < 4.78 is 14.6. The summed E-state index contributed by atoms with van der Waals surface area (Å²) in [6.07, 6.45) is 0.436. The van der Waals surface area contributed by atoms with Crippen molar-refractivity contribution < 1.29 is 9.47 Å². The summed E-state index contributed by atoms with van der Waals surface area (Å²) in [4.78, 5) is 0. The van der Waals surface area contributed by atoms with E-state index in [0.29, 0.717) is 16.4 Å². The van der Waals surface area contributed by atoms with Gasteiger partial charge in [0.05, 0.1) is 0 Å². The lowest BCUT2D eigenvalue weighted by Gasteiger charge is -2.25. The van der Waals surface area contributed by atoms with Crippen molar-refractivity contribution in [1.29, 1.82) is 0 Å². The molecule has 1 aliphatic rings. The van der Waals surface area contributed by atoms with Gasteiger partial charge in [0.15, 0.2) is 6.10 Å². The molecule has 7 aromatic rings. The lowest BCUT2D eigenvalue weighted by Crippen LogP contribution is -2.25. The second-order valence-corrected chi connectivity index (χ2v) is 15.2. The zero-order chi connectivity index (χ0) is 33.5. The van der Waals surface area contributed by atoms with E-state index < -0.39 is 0 Å². The highest BCUT2D eigenvalue weighted by Crippen LogP contribution is 2.53. The summed E-state index contributed by atoms with van der Waals surface area (Å²) in [5.41, 5.74) is 19.6. The Morgan fingerprint density at radius 1 is 0.449 bits per heavy atom. The van der Waals surface area contributed by atoms with Crippen LogP contribution in [0.3, 0.4) is 0 Å². The van der Waals surface area contributed by atoms with Crippen LogP contribution in [0.5, 0.6) is 11.0 Å². The van der Waals surface area contributed by atoms with Gasteiger partial charge in [-0.15, -0.1) is 0 Å². The van der Waals surface area contributed by atoms with Crippen molar-refractivity contribution in [3.05, 3.63) is 166 Å². The number of fused-ring (bicyclic) bond motifs is 1. The van der Waals surface area contributed by atoms with E-state index >= 15 is 0 Å². The molecule has 49 heavy (non-hydrogen) atoms. The Morgan fingerprint density at radius 2 is 0.857 bits per heavy atom. The molecular weight excluding hydrogens is 634 g/mol. The first kappa shape index (κ1) is 31.5. The zero-order valence-corrected chi connectivity index (χ0v) is 30.4. The van der Waals surface area contributed by atoms with Gasteiger partial charge in [0.2, 0.25) is 0 Å². The van der Waals surface area contributed by atoms with E-state index in [1.807, 2.05) is 0 Å². The predicted octanol–water partition coefficient (Wildman–Crippen LogP) is 12.8. The van der Waals surface area contributed by atoms with E-state index in [2.05, 4.69) is 161 Å². The van der Waals surface area contributed by atoms with Crippen LogP contribution in [0.25, 0.3) is 44.5 Å². The number of aryl methyl sites for hydroxylation is 4. The molecule has 5 aromatic carbocycles. The van der Waals surface area contributed by atoms with E-state index in [-0.39, 0.29) is 12.2 Å². The predicted molar refractivity (Wildman–Crippen MR) is 211 cm³/mol. The van der Waals surface area contributed by atoms with Gasteiger partial charge in [-0.05, 0) is 106 Å². The molecule has 0 aliphatic heterocycles. The monoisotopic (exact) mass is 674 g/mol. The fourth-order valence-corrected chi connectivity index (χ4v) is 9.85. The summed E-state index contributed by atoms with van der Waals surface area (Å²) >= 11 is 0. The molecule has 0 radical (unpaired) electrons. The van der Waals surface area contributed by atoms with Gasteiger partial charge in [-0.25, -0.2) is 0 Å². The maximum absolute atomic E-state index is 7.31. The van der Waals surface area contributed by atoms with Crippen LogP contribution in [-0.2, 0) is 6.42 Å². The van der Waals surface area contributed by atoms with Crippen molar-refractivity contribution in [2.24, 2.45) is 0 Å². The lowest BCUT2D eigenvalue weighted by molar-refractivity contribution is 0.0737. The van der Waals surface area contributed by atoms with E-state index in [1.165, 1.54) is 77.9 Å². The van der Waals surface area contributed by atoms with Crippen molar-refractivity contribution in [2.75, 3.05) is 0 Å². The Labute approximate surface area is 293 Å². The Morgan fingerprint density at radius 3 is 1.35 bits per heavy atom. The van der Waals surface area contributed by atoms with Crippen LogP contribution >= 0.6 is 16.4 Å². The summed E-state index contributed by atoms with van der Waals surface area (Å²) in [5.74, 6) is 4.76. The summed E-state index contributed by atoms with van der Waals surface area (Å²) in [5, 5.41) is 0. The Bertz CT molecular complexity index is 2290. The largest absolute Gasteiger partial charge is 0.482 e. The molecule has 2 heterocycles. The topological polar surface area (TPSA) is 18.5 Å². The van der Waals surface area contributed by atoms with Crippen molar-refractivity contribution in [1.82, 2.24) is 0 Å². The van der Waals surface area contributed by atoms with Crippen LogP contribution < -0.4 is 9.47 Å². The van der Waals surface area contributed by atoms with E-state index in [9.17, 15) is 0 Å². The van der Waals surface area contributed by atoms with Crippen LogP contribution in [0.15, 0.2) is 133 Å². The highest BCUT2D eigenvalue weighted by atomic mass is 31.0. The standard InChI is InChI=1S/C45H40O2P2/c1-28-15-5-10-20-33(28)38-26-48-44(41(38)35-22-12-7-17-30(35)3)46-40-25-32-19-9-14-24-37(32)43(40)47-45-42(36-23-13-8-18-31(36)4)39(27-49-45)34-21-11-6-16-29(34)2/h5-24,26-27,40,43,48-49H,25H2,1-4H3. The summed E-state index contributed by atoms with van der Waals surface area (Å²) in [6, 6.07) is 43.5. The maximum atomic E-state index is 7.31. The minimum absolute atomic E-state index is 0.151. The molecule has 0 fully saturated rings. The van der Waals surface area contributed by atoms with Crippen molar-refractivity contribution in [3.8, 4) is 55.5 Å². The normalized spacial score (nSPS) is 15.6. The number of hydrogen-bond donors (Lipinski definition) is 0. The van der Waals surface area contributed by atoms with Gasteiger partial charge in [-0.3, -0.25) is 0 Å². The van der Waals surface area contributed by atoms with Gasteiger partial charge < -0.3 is 9.47 Å². The third-order valence-corrected chi connectivity index (χ3v) is 12.1. The quantitative estimate of drug-likeness (QED) is 0.160. The Kier molecular flexibility index (Phi) is 8.55. The number of ether oxygens (including phenoxy) is 2. The third-order valence-electron chi connectivity index (χ3n) is 10.0. The smallest absolute Gasteiger partial charge is 0.161 e. The molecule has 8 rings (SSSR count). The number of benzene rings is 5. The van der Waals surface area contributed by atoms with Crippen molar-refractivity contribution in [3.63, 3.8) is 0 Å². The molecule has 4 unspecified atom stereocenters. The summed E-state index contributed by atoms with van der Waals surface area (Å²) in [6.45, 7) is 8.81. The fourth-order valence-electron chi connectivity index (χ4n) is 7.45. The minimum Gasteiger partial charge on any atom is -0.482 e. The average Bonchev–Trinajstić information content (AvgIpc) is 3.82. The van der Waals surface area contributed by atoms with Gasteiger partial charge in [-0.2, -0.15) is 0 Å². The lowest BCUT2D eigenvalue weighted by atomic mass is 9.93. The molecule has 0 spiro atoms. The maximum Gasteiger partial charge on any atom is 0.161 e. The second kappa shape index (κ2) is 13.3. The van der Waals surface area contributed by atoms with Crippen LogP contribution in [0.4, 0.5) is 0 Å². The zero-order valence-electron chi connectivity index (χ0n) is 28.4. The van der Waals surface area contributed by atoms with E-state index in [4.69, 9.17) is 9.47 Å². The molecule has 0 amide bonds. The Balaban J connectivity index is 1.23. The molecule has 2 aromatic heterocycles. The first-order chi connectivity index (χ1) is 24.0. The van der Waals surface area contributed by atoms with Crippen LogP contribution in [0, 0.1) is 27.7 Å². The van der Waals surface area contributed by atoms with Gasteiger partial charge in [0.25, 0.3) is 0 Å². The minimum atomic E-state index is -0.222. The number of hydrogen-bond acceptors (Lipinski definition) is 2. The average molecular weight is 675 g/mol. The molecule has 0 bridgehead atoms. The fraction of sp³-hybridized carbons (Fsp3) is 0.156. The van der Waals surface area contributed by atoms with E-state index in [0.717, 1.165) is 17.4 Å². The highest BCUT2D eigenvalue weighted by Gasteiger charge is 2.38. The van der Waals surface area contributed by atoms with E-state index in [1.54, 1.807) is 0 Å². The molecule has 1 aliphatic carbocycles. The van der Waals surface area contributed by atoms with Crippen molar-refractivity contribution >= 4 is 16.4 Å². The SMILES string of the molecule is Cc1ccccc1-c1c[pH]c(OC2Cc3ccccc3C2Oc2[pH]cc(-c3ccccc3C)c2-c2ccccc2C)c1-c1ccccc1C. The molecular formula is C45H40O2P2. The van der Waals surface area contributed by atoms with Gasteiger partial charge in [-0.1, -0.05) is 138 Å².